The molecule has 2 amide bonds. The maximum Gasteiger partial charge on any atom is 0.245 e. The van der Waals surface area contributed by atoms with Crippen molar-refractivity contribution in [2.75, 3.05) is 33.4 Å². The van der Waals surface area contributed by atoms with Crippen molar-refractivity contribution >= 4 is 11.8 Å². The number of hydrogen-bond acceptors (Lipinski definition) is 3. The number of carbonyl (C=O) groups is 2. The molecule has 0 spiro atoms. The highest BCUT2D eigenvalue weighted by Gasteiger charge is 2.38. The highest BCUT2D eigenvalue weighted by Crippen LogP contribution is 2.23. The zero-order valence-electron chi connectivity index (χ0n) is 10.4. The maximum atomic E-state index is 12.3. The Labute approximate surface area is 102 Å². The summed E-state index contributed by atoms with van der Waals surface area (Å²) >= 11 is 0. The molecule has 1 unspecified atom stereocenters. The van der Waals surface area contributed by atoms with Gasteiger partial charge in [0.15, 0.2) is 0 Å². The fourth-order valence-electron chi connectivity index (χ4n) is 2.64. The monoisotopic (exact) mass is 240 g/mol. The molecule has 0 N–H and O–H groups in total. The van der Waals surface area contributed by atoms with Crippen molar-refractivity contribution in [1.29, 1.82) is 0 Å². The summed E-state index contributed by atoms with van der Waals surface area (Å²) in [6, 6.07) is -0.187. The van der Waals surface area contributed by atoms with Gasteiger partial charge in [0, 0.05) is 39.8 Å². The number of nitrogens with zero attached hydrogens (tertiary/aromatic N) is 2. The Morgan fingerprint density at radius 2 is 2.18 bits per heavy atom. The molecule has 0 bridgehead atoms. The summed E-state index contributed by atoms with van der Waals surface area (Å²) in [5.74, 6) is 0.263. The van der Waals surface area contributed by atoms with Gasteiger partial charge in [-0.1, -0.05) is 0 Å². The molecule has 2 aliphatic rings. The van der Waals surface area contributed by atoms with Crippen molar-refractivity contribution < 1.29 is 14.3 Å². The molecule has 0 aliphatic carbocycles. The summed E-state index contributed by atoms with van der Waals surface area (Å²) < 4.78 is 4.99. The molecule has 0 aromatic heterocycles. The van der Waals surface area contributed by atoms with E-state index in [2.05, 4.69) is 0 Å². The fraction of sp³-hybridized carbons (Fsp3) is 0.833. The van der Waals surface area contributed by atoms with Crippen LogP contribution in [0.3, 0.4) is 0 Å². The van der Waals surface area contributed by atoms with E-state index in [0.717, 1.165) is 25.8 Å². The summed E-state index contributed by atoms with van der Waals surface area (Å²) in [6.45, 7) is 2.67. The number of rotatable bonds is 4. The molecule has 2 rings (SSSR count). The van der Waals surface area contributed by atoms with Crippen LogP contribution in [0, 0.1) is 0 Å². The van der Waals surface area contributed by atoms with Crippen LogP contribution in [0.25, 0.3) is 0 Å². The molecular formula is C12H20N2O3. The minimum atomic E-state index is -0.187. The fourth-order valence-corrected chi connectivity index (χ4v) is 2.64. The van der Waals surface area contributed by atoms with E-state index in [9.17, 15) is 9.59 Å². The van der Waals surface area contributed by atoms with Gasteiger partial charge in [-0.3, -0.25) is 9.59 Å². The summed E-state index contributed by atoms with van der Waals surface area (Å²) in [5.41, 5.74) is 0. The Kier molecular flexibility index (Phi) is 3.99. The van der Waals surface area contributed by atoms with Crippen molar-refractivity contribution in [3.63, 3.8) is 0 Å². The Bertz CT molecular complexity index is 306. The van der Waals surface area contributed by atoms with Gasteiger partial charge in [0.25, 0.3) is 0 Å². The summed E-state index contributed by atoms with van der Waals surface area (Å²) in [6.07, 6.45) is 3.08. The second-order valence-corrected chi connectivity index (χ2v) is 4.67. The lowest BCUT2D eigenvalue weighted by Crippen LogP contribution is -2.44. The van der Waals surface area contributed by atoms with Crippen molar-refractivity contribution in [2.45, 2.75) is 31.7 Å². The van der Waals surface area contributed by atoms with E-state index >= 15 is 0 Å². The van der Waals surface area contributed by atoms with Gasteiger partial charge in [0.1, 0.15) is 6.04 Å². The van der Waals surface area contributed by atoms with Crippen molar-refractivity contribution in [3.8, 4) is 0 Å². The third-order valence-electron chi connectivity index (χ3n) is 3.54. The number of hydrogen-bond donors (Lipinski definition) is 0. The molecule has 2 saturated heterocycles. The van der Waals surface area contributed by atoms with Gasteiger partial charge in [0.2, 0.25) is 11.8 Å². The number of fused-ring (bicyclic) bond motifs is 1. The third-order valence-corrected chi connectivity index (χ3v) is 3.54. The van der Waals surface area contributed by atoms with Crippen LogP contribution in [0.15, 0.2) is 0 Å². The number of ether oxygens (including phenoxy) is 1. The Morgan fingerprint density at radius 3 is 2.94 bits per heavy atom. The molecule has 0 aromatic carbocycles. The smallest absolute Gasteiger partial charge is 0.245 e. The zero-order chi connectivity index (χ0) is 12.3. The lowest BCUT2D eigenvalue weighted by atomic mass is 10.2. The highest BCUT2D eigenvalue weighted by molar-refractivity contribution is 5.90. The first-order valence-electron chi connectivity index (χ1n) is 6.31. The Morgan fingerprint density at radius 1 is 1.35 bits per heavy atom. The van der Waals surface area contributed by atoms with Crippen LogP contribution in [0.5, 0.6) is 0 Å². The second-order valence-electron chi connectivity index (χ2n) is 4.67. The lowest BCUT2D eigenvalue weighted by Gasteiger charge is -2.25. The molecule has 17 heavy (non-hydrogen) atoms. The van der Waals surface area contributed by atoms with E-state index in [1.54, 1.807) is 12.0 Å². The van der Waals surface area contributed by atoms with E-state index in [0.29, 0.717) is 26.1 Å². The molecule has 0 radical (unpaired) electrons. The van der Waals surface area contributed by atoms with Crippen LogP contribution < -0.4 is 0 Å². The van der Waals surface area contributed by atoms with Crippen molar-refractivity contribution in [1.82, 2.24) is 9.80 Å². The van der Waals surface area contributed by atoms with E-state index in [1.807, 2.05) is 4.90 Å². The largest absolute Gasteiger partial charge is 0.385 e. The minimum absolute atomic E-state index is 0.129. The van der Waals surface area contributed by atoms with Crippen LogP contribution in [-0.2, 0) is 14.3 Å². The molecule has 2 fully saturated rings. The molecule has 0 aromatic rings. The number of amides is 2. The van der Waals surface area contributed by atoms with Gasteiger partial charge in [-0.15, -0.1) is 0 Å². The van der Waals surface area contributed by atoms with Gasteiger partial charge in [-0.25, -0.2) is 0 Å². The molecule has 5 nitrogen and oxygen atoms in total. The van der Waals surface area contributed by atoms with Crippen LogP contribution in [0.1, 0.15) is 25.7 Å². The molecule has 1 atom stereocenters. The molecule has 96 valence electrons. The lowest BCUT2D eigenvalue weighted by molar-refractivity contribution is -0.139. The molecule has 5 heteroatoms. The standard InChI is InChI=1S/C12H20N2O3/c1-17-9-3-6-13-8-5-11(15)14-7-2-4-10(14)12(13)16/h10H,2-9H2,1H3. The van der Waals surface area contributed by atoms with Crippen LogP contribution in [0.4, 0.5) is 0 Å². The first-order chi connectivity index (χ1) is 8.24. The van der Waals surface area contributed by atoms with Gasteiger partial charge in [-0.05, 0) is 19.3 Å². The Balaban J connectivity index is 1.99. The highest BCUT2D eigenvalue weighted by atomic mass is 16.5. The predicted octanol–water partition coefficient (Wildman–Crippen LogP) is 0.246. The van der Waals surface area contributed by atoms with Gasteiger partial charge >= 0.3 is 0 Å². The van der Waals surface area contributed by atoms with E-state index in [-0.39, 0.29) is 17.9 Å². The first kappa shape index (κ1) is 12.4. The van der Waals surface area contributed by atoms with Crippen LogP contribution in [-0.4, -0.2) is 61.0 Å². The average Bonchev–Trinajstić information content (AvgIpc) is 2.77. The molecule has 2 aliphatic heterocycles. The molecule has 2 heterocycles. The maximum absolute atomic E-state index is 12.3. The topological polar surface area (TPSA) is 49.9 Å². The van der Waals surface area contributed by atoms with Crippen LogP contribution in [0.2, 0.25) is 0 Å². The number of carbonyl (C=O) groups excluding carboxylic acids is 2. The van der Waals surface area contributed by atoms with Gasteiger partial charge in [-0.2, -0.15) is 0 Å². The molecular weight excluding hydrogens is 220 g/mol. The normalized spacial score (nSPS) is 25.1. The van der Waals surface area contributed by atoms with Crippen molar-refractivity contribution in [2.24, 2.45) is 0 Å². The molecule has 0 saturated carbocycles. The summed E-state index contributed by atoms with van der Waals surface area (Å²) in [7, 11) is 1.66. The van der Waals surface area contributed by atoms with Crippen molar-refractivity contribution in [3.05, 3.63) is 0 Å². The summed E-state index contributed by atoms with van der Waals surface area (Å²) in [5, 5.41) is 0. The number of methoxy groups -OCH3 is 1. The predicted molar refractivity (Wildman–Crippen MR) is 62.4 cm³/mol. The summed E-state index contributed by atoms with van der Waals surface area (Å²) in [4.78, 5) is 27.7. The van der Waals surface area contributed by atoms with Gasteiger partial charge in [0.05, 0.1) is 0 Å². The third kappa shape index (κ3) is 2.60. The van der Waals surface area contributed by atoms with Crippen LogP contribution >= 0.6 is 0 Å². The quantitative estimate of drug-likeness (QED) is 0.662. The Hall–Kier alpha value is -1.10. The van der Waals surface area contributed by atoms with E-state index in [4.69, 9.17) is 4.74 Å². The average molecular weight is 240 g/mol. The first-order valence-corrected chi connectivity index (χ1v) is 6.31. The van der Waals surface area contributed by atoms with Gasteiger partial charge < -0.3 is 14.5 Å². The van der Waals surface area contributed by atoms with E-state index < -0.39 is 0 Å². The van der Waals surface area contributed by atoms with E-state index in [1.165, 1.54) is 0 Å². The second kappa shape index (κ2) is 5.49. The zero-order valence-corrected chi connectivity index (χ0v) is 10.4. The minimum Gasteiger partial charge on any atom is -0.385 e. The SMILES string of the molecule is COCCCN1CCC(=O)N2CCCC2C1=O.